The lowest BCUT2D eigenvalue weighted by Gasteiger charge is -2.13. The minimum atomic E-state index is -0.480. The highest BCUT2D eigenvalue weighted by Crippen LogP contribution is 2.35. The van der Waals surface area contributed by atoms with Crippen LogP contribution in [0.4, 0.5) is 34.1 Å². The van der Waals surface area contributed by atoms with E-state index in [1.54, 1.807) is 14.2 Å². The van der Waals surface area contributed by atoms with Gasteiger partial charge in [-0.1, -0.05) is 72.8 Å². The second-order valence-corrected chi connectivity index (χ2v) is 11.6. The number of amidine groups is 2. The van der Waals surface area contributed by atoms with Crippen LogP contribution in [0.25, 0.3) is 11.1 Å². The summed E-state index contributed by atoms with van der Waals surface area (Å²) in [6.07, 6.45) is 0. The fourth-order valence-corrected chi connectivity index (χ4v) is 5.11. The van der Waals surface area contributed by atoms with Gasteiger partial charge in [-0.25, -0.2) is 0 Å². The molecule has 0 spiro atoms. The molecule has 16 heteroatoms. The van der Waals surface area contributed by atoms with Crippen molar-refractivity contribution in [1.29, 1.82) is 0 Å². The Morgan fingerprint density at radius 2 is 0.893 bits per heavy atom. The van der Waals surface area contributed by atoms with Crippen LogP contribution in [0.2, 0.25) is 0 Å². The molecule has 0 amide bonds. The molecule has 0 unspecified atom stereocenters. The standard InChI is InChI=1S/C40H32N10O6/c1-55-37-25-29(13-23-35(37)43-47-39(27-9-5-3-6-10-27)45-41-31-15-19-33(20-16-31)49(51)52)30-14-24-36(38(26-30)56-2)44-48-40(28-11-7-4-8-12-28)46-42-32-17-21-34(22-18-32)50(53)54/h3-26,43-44H,1-2H3. The van der Waals surface area contributed by atoms with E-state index in [0.29, 0.717) is 45.4 Å². The largest absolute Gasteiger partial charge is 0.494 e. The van der Waals surface area contributed by atoms with Crippen LogP contribution >= 0.6 is 0 Å². The first-order chi connectivity index (χ1) is 27.3. The molecule has 6 aromatic carbocycles. The fraction of sp³-hybridized carbons (Fsp3) is 0.0500. The summed E-state index contributed by atoms with van der Waals surface area (Å²) in [6.45, 7) is 0. The maximum atomic E-state index is 11.0. The molecule has 6 rings (SSSR count). The Hall–Kier alpha value is -8.14. The molecule has 2 N–H and O–H groups in total. The molecular formula is C40H32N10O6. The lowest BCUT2D eigenvalue weighted by molar-refractivity contribution is -0.385. The van der Waals surface area contributed by atoms with E-state index in [0.717, 1.165) is 11.1 Å². The van der Waals surface area contributed by atoms with Gasteiger partial charge in [-0.2, -0.15) is 10.2 Å². The number of hydrazone groups is 2. The number of benzene rings is 6. The van der Waals surface area contributed by atoms with Gasteiger partial charge in [0, 0.05) is 35.4 Å². The van der Waals surface area contributed by atoms with E-state index < -0.39 is 9.85 Å². The first-order valence-corrected chi connectivity index (χ1v) is 16.8. The zero-order chi connectivity index (χ0) is 39.3. The molecule has 278 valence electrons. The average molecular weight is 749 g/mol. The minimum absolute atomic E-state index is 0.0470. The summed E-state index contributed by atoms with van der Waals surface area (Å²) in [7, 11) is 3.10. The van der Waals surface area contributed by atoms with Gasteiger partial charge in [0.15, 0.2) is 0 Å². The van der Waals surface area contributed by atoms with Crippen LogP contribution in [0.5, 0.6) is 11.5 Å². The SMILES string of the molecule is COc1cc(-c2ccc(NN=C(N=Nc3ccc([N+](=O)[O-])cc3)c3ccccc3)c(OC)c2)ccc1NN=C(N=Nc1ccc([N+](=O)[O-])cc1)c1ccccc1. The van der Waals surface area contributed by atoms with E-state index in [4.69, 9.17) is 9.47 Å². The van der Waals surface area contributed by atoms with E-state index in [2.05, 4.69) is 41.5 Å². The average Bonchev–Trinajstić information content (AvgIpc) is 3.24. The van der Waals surface area contributed by atoms with Gasteiger partial charge in [0.1, 0.15) is 11.5 Å². The third-order valence-corrected chi connectivity index (χ3v) is 8.01. The van der Waals surface area contributed by atoms with E-state index in [1.807, 2.05) is 97.1 Å². The Bertz CT molecular complexity index is 2270. The number of nitro groups is 2. The van der Waals surface area contributed by atoms with E-state index in [-0.39, 0.29) is 23.0 Å². The topological polar surface area (TPSA) is 203 Å². The number of hydrogen-bond donors (Lipinski definition) is 2. The molecular weight excluding hydrogens is 717 g/mol. The summed E-state index contributed by atoms with van der Waals surface area (Å²) < 4.78 is 11.4. The van der Waals surface area contributed by atoms with Crippen molar-refractivity contribution >= 4 is 45.8 Å². The van der Waals surface area contributed by atoms with Gasteiger partial charge in [0.05, 0.1) is 46.8 Å². The van der Waals surface area contributed by atoms with Crippen molar-refractivity contribution < 1.29 is 19.3 Å². The van der Waals surface area contributed by atoms with Crippen LogP contribution in [0.3, 0.4) is 0 Å². The van der Waals surface area contributed by atoms with Crippen molar-refractivity contribution in [2.45, 2.75) is 0 Å². The third kappa shape index (κ3) is 9.64. The fourth-order valence-electron chi connectivity index (χ4n) is 5.11. The van der Waals surface area contributed by atoms with E-state index >= 15 is 0 Å². The molecule has 6 aromatic rings. The molecule has 0 saturated carbocycles. The monoisotopic (exact) mass is 748 g/mol. The summed E-state index contributed by atoms with van der Waals surface area (Å²) in [5.41, 5.74) is 11.0. The lowest BCUT2D eigenvalue weighted by Crippen LogP contribution is -2.02. The van der Waals surface area contributed by atoms with Crippen LogP contribution in [-0.2, 0) is 0 Å². The van der Waals surface area contributed by atoms with Gasteiger partial charge in [-0.3, -0.25) is 31.1 Å². The molecule has 0 aliphatic rings. The Kier molecular flexibility index (Phi) is 12.1. The summed E-state index contributed by atoms with van der Waals surface area (Å²) in [5.74, 6) is 1.55. The number of rotatable bonds is 13. The first-order valence-electron chi connectivity index (χ1n) is 16.8. The van der Waals surface area contributed by atoms with Gasteiger partial charge >= 0.3 is 0 Å². The predicted octanol–water partition coefficient (Wildman–Crippen LogP) is 10.3. The quantitative estimate of drug-likeness (QED) is 0.0381. The van der Waals surface area contributed by atoms with Gasteiger partial charge in [-0.15, -0.1) is 20.5 Å². The second-order valence-electron chi connectivity index (χ2n) is 11.6. The second kappa shape index (κ2) is 18.1. The van der Waals surface area contributed by atoms with Crippen LogP contribution in [-0.4, -0.2) is 35.7 Å². The number of methoxy groups -OCH3 is 2. The zero-order valence-electron chi connectivity index (χ0n) is 29.9. The summed E-state index contributed by atoms with van der Waals surface area (Å²) >= 11 is 0. The number of nitrogens with one attached hydrogen (secondary N) is 2. The Labute approximate surface area is 319 Å². The number of non-ortho nitro benzene ring substituents is 2. The molecule has 16 nitrogen and oxygen atoms in total. The van der Waals surface area contributed by atoms with Gasteiger partial charge in [0.25, 0.3) is 11.4 Å². The number of azo groups is 2. The smallest absolute Gasteiger partial charge is 0.269 e. The van der Waals surface area contributed by atoms with Crippen molar-refractivity contribution in [1.82, 2.24) is 0 Å². The zero-order valence-corrected chi connectivity index (χ0v) is 29.9. The Balaban J connectivity index is 1.22. The Morgan fingerprint density at radius 1 is 0.518 bits per heavy atom. The molecule has 0 bridgehead atoms. The summed E-state index contributed by atoms with van der Waals surface area (Å²) in [4.78, 5) is 21.1. The molecule has 0 fully saturated rings. The number of ether oxygens (including phenoxy) is 2. The van der Waals surface area contributed by atoms with Crippen molar-refractivity contribution in [3.05, 3.63) is 177 Å². The van der Waals surface area contributed by atoms with Crippen LogP contribution in [0.15, 0.2) is 176 Å². The summed E-state index contributed by atoms with van der Waals surface area (Å²) in [6, 6.07) is 41.1. The van der Waals surface area contributed by atoms with E-state index in [9.17, 15) is 20.2 Å². The van der Waals surface area contributed by atoms with Crippen molar-refractivity contribution in [2.75, 3.05) is 25.1 Å². The highest BCUT2D eigenvalue weighted by atomic mass is 16.6. The highest BCUT2D eigenvalue weighted by Gasteiger charge is 2.12. The van der Waals surface area contributed by atoms with Crippen molar-refractivity contribution in [2.24, 2.45) is 30.7 Å². The molecule has 0 saturated heterocycles. The van der Waals surface area contributed by atoms with Gasteiger partial charge in [0.2, 0.25) is 11.7 Å². The third-order valence-electron chi connectivity index (χ3n) is 8.01. The maximum Gasteiger partial charge on any atom is 0.269 e. The highest BCUT2D eigenvalue weighted by molar-refractivity contribution is 6.00. The van der Waals surface area contributed by atoms with Crippen molar-refractivity contribution in [3.63, 3.8) is 0 Å². The van der Waals surface area contributed by atoms with Crippen LogP contribution in [0, 0.1) is 20.2 Å². The number of nitro benzene ring substituents is 2. The Morgan fingerprint density at radius 3 is 1.23 bits per heavy atom. The van der Waals surface area contributed by atoms with E-state index in [1.165, 1.54) is 48.5 Å². The van der Waals surface area contributed by atoms with Crippen molar-refractivity contribution in [3.8, 4) is 22.6 Å². The molecule has 0 aliphatic carbocycles. The molecule has 56 heavy (non-hydrogen) atoms. The molecule has 0 aliphatic heterocycles. The molecule has 0 aromatic heterocycles. The molecule has 0 radical (unpaired) electrons. The number of anilines is 2. The number of hydrogen-bond acceptors (Lipinski definition) is 12. The maximum absolute atomic E-state index is 11.0. The lowest BCUT2D eigenvalue weighted by atomic mass is 10.0. The molecule has 0 atom stereocenters. The molecule has 0 heterocycles. The first kappa shape index (κ1) is 37.6. The summed E-state index contributed by atoms with van der Waals surface area (Å²) in [5, 5.41) is 48.2. The van der Waals surface area contributed by atoms with Gasteiger partial charge < -0.3 is 9.47 Å². The minimum Gasteiger partial charge on any atom is -0.494 e. The van der Waals surface area contributed by atoms with Crippen LogP contribution < -0.4 is 20.3 Å². The van der Waals surface area contributed by atoms with Gasteiger partial charge in [-0.05, 0) is 59.7 Å². The predicted molar refractivity (Wildman–Crippen MR) is 213 cm³/mol. The number of nitrogens with zero attached hydrogens (tertiary/aromatic N) is 8. The van der Waals surface area contributed by atoms with Crippen LogP contribution in [0.1, 0.15) is 11.1 Å². The normalized spacial score (nSPS) is 11.8.